The van der Waals surface area contributed by atoms with Crippen molar-refractivity contribution in [3.8, 4) is 0 Å². The van der Waals surface area contributed by atoms with Crippen molar-refractivity contribution in [3.63, 3.8) is 0 Å². The molecule has 1 saturated heterocycles. The second kappa shape index (κ2) is 13.9. The molecule has 44 heavy (non-hydrogen) atoms. The lowest BCUT2D eigenvalue weighted by molar-refractivity contribution is -0.136. The van der Waals surface area contributed by atoms with Crippen LogP contribution < -0.4 is 10.9 Å². The minimum Gasteiger partial charge on any atom is -0.455 e. The topological polar surface area (TPSA) is 170 Å². The van der Waals surface area contributed by atoms with Gasteiger partial charge in [0.2, 0.25) is 4.99 Å². The summed E-state index contributed by atoms with van der Waals surface area (Å²) in [5.74, 6) is 4.16. The van der Waals surface area contributed by atoms with E-state index in [1.165, 1.54) is 0 Å². The molecule has 0 bridgehead atoms. The van der Waals surface area contributed by atoms with Gasteiger partial charge in [-0.25, -0.2) is 25.4 Å². The lowest BCUT2D eigenvalue weighted by Crippen LogP contribution is -2.44. The van der Waals surface area contributed by atoms with Crippen LogP contribution in [-0.2, 0) is 25.6 Å². The van der Waals surface area contributed by atoms with Crippen LogP contribution in [0.15, 0.2) is 97.3 Å². The highest BCUT2D eigenvalue weighted by atomic mass is 32.1. The summed E-state index contributed by atoms with van der Waals surface area (Å²) in [6.07, 6.45) is -5.24. The van der Waals surface area contributed by atoms with Crippen LogP contribution in [-0.4, -0.2) is 66.7 Å². The molecule has 0 unspecified atom stereocenters. The van der Waals surface area contributed by atoms with Crippen molar-refractivity contribution in [2.24, 2.45) is 5.84 Å². The number of hydrazine groups is 1. The third kappa shape index (κ3) is 6.53. The van der Waals surface area contributed by atoms with Crippen LogP contribution in [0.2, 0.25) is 0 Å². The summed E-state index contributed by atoms with van der Waals surface area (Å²) >= 11 is 5.32. The van der Waals surface area contributed by atoms with E-state index in [0.29, 0.717) is 21.7 Å². The number of anilines is 1. The standard InChI is InChI=1S/C31H30N4O8S/c32-35(29(44)31(40)41-17-19-10-4-1-5-11-19)27-23(33-18-34(27)28-25(38)24(37)22(16-36)42-28)30(39)43-26(20-12-6-2-7-13-20)21-14-8-3-9-15-21/h1-15,18,22,24-26,28,36-38H,16-17,32H2/t22-,24-,25-,28-/m1/s1. The summed E-state index contributed by atoms with van der Waals surface area (Å²) in [7, 11) is 0. The van der Waals surface area contributed by atoms with Crippen LogP contribution in [0.5, 0.6) is 0 Å². The van der Waals surface area contributed by atoms with Crippen LogP contribution >= 0.6 is 12.2 Å². The molecule has 5 rings (SSSR count). The Morgan fingerprint density at radius 1 is 0.955 bits per heavy atom. The molecule has 1 fully saturated rings. The summed E-state index contributed by atoms with van der Waals surface area (Å²) in [6.45, 7) is -0.688. The van der Waals surface area contributed by atoms with Crippen molar-refractivity contribution in [3.05, 3.63) is 120 Å². The number of imidazole rings is 1. The fourth-order valence-electron chi connectivity index (χ4n) is 4.76. The highest BCUT2D eigenvalue weighted by molar-refractivity contribution is 7.82. The average Bonchev–Trinajstić information content (AvgIpc) is 3.63. The first-order chi connectivity index (χ1) is 21.3. The normalized spacial score (nSPS) is 19.5. The average molecular weight is 619 g/mol. The number of benzene rings is 3. The summed E-state index contributed by atoms with van der Waals surface area (Å²) in [4.78, 5) is 30.4. The zero-order chi connectivity index (χ0) is 31.2. The number of hydrogen-bond acceptors (Lipinski definition) is 11. The number of esters is 2. The minimum absolute atomic E-state index is 0.0908. The van der Waals surface area contributed by atoms with Gasteiger partial charge >= 0.3 is 11.9 Å². The fraction of sp³-hybridized carbons (Fsp3) is 0.226. The van der Waals surface area contributed by atoms with Crippen molar-refractivity contribution in [1.82, 2.24) is 9.55 Å². The molecule has 4 aromatic rings. The van der Waals surface area contributed by atoms with Crippen molar-refractivity contribution in [2.75, 3.05) is 11.6 Å². The van der Waals surface area contributed by atoms with Crippen LogP contribution in [0.25, 0.3) is 0 Å². The first kappa shape index (κ1) is 30.9. The maximum atomic E-state index is 13.8. The molecule has 0 amide bonds. The number of nitrogens with two attached hydrogens (primary N) is 1. The summed E-state index contributed by atoms with van der Waals surface area (Å²) < 4.78 is 18.1. The lowest BCUT2D eigenvalue weighted by atomic mass is 10.0. The SMILES string of the molecule is NN(C(=S)C(=O)OCc1ccccc1)c1c(C(=O)OC(c2ccccc2)c2ccccc2)ncn1[C@@H]1O[C@H](CO)[C@@H](O)[C@H]1O. The van der Waals surface area contributed by atoms with Crippen LogP contribution in [0.4, 0.5) is 5.82 Å². The largest absolute Gasteiger partial charge is 0.455 e. The highest BCUT2D eigenvalue weighted by Gasteiger charge is 2.45. The molecule has 12 nitrogen and oxygen atoms in total. The van der Waals surface area contributed by atoms with E-state index in [1.54, 1.807) is 48.5 Å². The molecule has 0 spiro atoms. The molecule has 0 saturated carbocycles. The van der Waals surface area contributed by atoms with Gasteiger partial charge in [0, 0.05) is 0 Å². The Morgan fingerprint density at radius 3 is 2.07 bits per heavy atom. The van der Waals surface area contributed by atoms with E-state index in [1.807, 2.05) is 42.5 Å². The number of aliphatic hydroxyl groups is 3. The molecule has 5 N–H and O–H groups in total. The highest BCUT2D eigenvalue weighted by Crippen LogP contribution is 2.35. The third-order valence-electron chi connectivity index (χ3n) is 7.02. The molecule has 228 valence electrons. The number of rotatable bonds is 9. The third-order valence-corrected chi connectivity index (χ3v) is 7.38. The van der Waals surface area contributed by atoms with E-state index in [4.69, 9.17) is 32.3 Å². The smallest absolute Gasteiger partial charge is 0.368 e. The number of ether oxygens (including phenoxy) is 3. The molecule has 3 aromatic carbocycles. The molecule has 1 aliphatic heterocycles. The second-order valence-electron chi connectivity index (χ2n) is 9.90. The summed E-state index contributed by atoms with van der Waals surface area (Å²) in [5, 5.41) is 31.4. The molecular formula is C31H30N4O8S. The molecule has 4 atom stereocenters. The maximum Gasteiger partial charge on any atom is 0.368 e. The number of carbonyl (C=O) groups excluding carboxylic acids is 2. The second-order valence-corrected chi connectivity index (χ2v) is 10.3. The molecule has 2 heterocycles. The van der Waals surface area contributed by atoms with Gasteiger partial charge in [0.05, 0.1) is 12.9 Å². The van der Waals surface area contributed by atoms with Crippen molar-refractivity contribution in [2.45, 2.75) is 37.3 Å². The fourth-order valence-corrected chi connectivity index (χ4v) is 4.91. The first-order valence-corrected chi connectivity index (χ1v) is 14.0. The number of aromatic nitrogens is 2. The molecule has 0 aliphatic carbocycles. The first-order valence-electron chi connectivity index (χ1n) is 13.6. The van der Waals surface area contributed by atoms with E-state index >= 15 is 0 Å². The van der Waals surface area contributed by atoms with E-state index in [9.17, 15) is 24.9 Å². The molecule has 0 radical (unpaired) electrons. The summed E-state index contributed by atoms with van der Waals surface area (Å²) in [6, 6.07) is 27.0. The Labute approximate surface area is 257 Å². The molecule has 1 aromatic heterocycles. The van der Waals surface area contributed by atoms with Gasteiger partial charge in [-0.05, 0) is 16.7 Å². The van der Waals surface area contributed by atoms with Crippen LogP contribution in [0, 0.1) is 0 Å². The monoisotopic (exact) mass is 618 g/mol. The van der Waals surface area contributed by atoms with Gasteiger partial charge in [-0.2, -0.15) is 0 Å². The Hall–Kier alpha value is -4.50. The Morgan fingerprint density at radius 2 is 1.52 bits per heavy atom. The zero-order valence-corrected chi connectivity index (χ0v) is 24.1. The molecule has 1 aliphatic rings. The summed E-state index contributed by atoms with van der Waals surface area (Å²) in [5.41, 5.74) is 1.71. The van der Waals surface area contributed by atoms with Gasteiger partial charge in [0.25, 0.3) is 0 Å². The van der Waals surface area contributed by atoms with E-state index in [-0.39, 0.29) is 18.1 Å². The number of carbonyl (C=O) groups is 2. The van der Waals surface area contributed by atoms with E-state index < -0.39 is 54.2 Å². The van der Waals surface area contributed by atoms with Crippen molar-refractivity contribution >= 4 is 35.0 Å². The number of hydrogen-bond donors (Lipinski definition) is 4. The Kier molecular flexibility index (Phi) is 9.75. The lowest BCUT2D eigenvalue weighted by Gasteiger charge is -2.25. The predicted molar refractivity (Wildman–Crippen MR) is 161 cm³/mol. The minimum atomic E-state index is -1.56. The van der Waals surface area contributed by atoms with Crippen LogP contribution in [0.1, 0.15) is 39.5 Å². The van der Waals surface area contributed by atoms with Gasteiger partial charge in [0.1, 0.15) is 24.9 Å². The predicted octanol–water partition coefficient (Wildman–Crippen LogP) is 2.19. The maximum absolute atomic E-state index is 13.8. The van der Waals surface area contributed by atoms with Crippen molar-refractivity contribution in [1.29, 1.82) is 0 Å². The van der Waals surface area contributed by atoms with Gasteiger partial charge in [-0.1, -0.05) is 103 Å². The van der Waals surface area contributed by atoms with E-state index in [0.717, 1.165) is 10.9 Å². The number of aliphatic hydroxyl groups excluding tert-OH is 3. The number of nitrogens with zero attached hydrogens (tertiary/aromatic N) is 3. The molecule has 13 heteroatoms. The van der Waals surface area contributed by atoms with Gasteiger partial charge in [0.15, 0.2) is 23.8 Å². The Balaban J connectivity index is 1.48. The Bertz CT molecular complexity index is 1550. The van der Waals surface area contributed by atoms with Gasteiger partial charge < -0.3 is 29.5 Å². The molecular weight excluding hydrogens is 588 g/mol. The van der Waals surface area contributed by atoms with Gasteiger partial charge in [-0.3, -0.25) is 4.57 Å². The zero-order valence-electron chi connectivity index (χ0n) is 23.2. The quantitative estimate of drug-likeness (QED) is 0.0935. The van der Waals surface area contributed by atoms with Crippen molar-refractivity contribution < 1.29 is 39.1 Å². The number of thiocarbonyl (C=S) groups is 1. The van der Waals surface area contributed by atoms with Crippen LogP contribution in [0.3, 0.4) is 0 Å². The van der Waals surface area contributed by atoms with Gasteiger partial charge in [-0.15, -0.1) is 0 Å². The van der Waals surface area contributed by atoms with E-state index in [2.05, 4.69) is 4.98 Å².